The van der Waals surface area contributed by atoms with Gasteiger partial charge in [0, 0.05) is 6.61 Å². The summed E-state index contributed by atoms with van der Waals surface area (Å²) < 4.78 is 5.68. The van der Waals surface area contributed by atoms with Gasteiger partial charge in [-0.15, -0.1) is 0 Å². The van der Waals surface area contributed by atoms with Gasteiger partial charge in [-0.25, -0.2) is 0 Å². The predicted octanol–water partition coefficient (Wildman–Crippen LogP) is 4.16. The van der Waals surface area contributed by atoms with Crippen LogP contribution in [0.1, 0.15) is 46.7 Å². The van der Waals surface area contributed by atoms with Crippen LogP contribution in [0.2, 0.25) is 0 Å². The van der Waals surface area contributed by atoms with Crippen molar-refractivity contribution in [3.63, 3.8) is 0 Å². The zero-order valence-electron chi connectivity index (χ0n) is 11.5. The van der Waals surface area contributed by atoms with Crippen LogP contribution in [0.3, 0.4) is 0 Å². The molecule has 0 fully saturated rings. The molecule has 1 aromatic rings. The van der Waals surface area contributed by atoms with E-state index >= 15 is 0 Å². The summed E-state index contributed by atoms with van der Waals surface area (Å²) in [5.41, 5.74) is 8.44. The molecular weight excluding hydrogens is 196 g/mol. The lowest BCUT2D eigenvalue weighted by Crippen LogP contribution is -2.05. The van der Waals surface area contributed by atoms with Crippen LogP contribution in [-0.4, -0.2) is 6.61 Å². The van der Waals surface area contributed by atoms with Crippen molar-refractivity contribution in [2.24, 2.45) is 0 Å². The van der Waals surface area contributed by atoms with Gasteiger partial charge < -0.3 is 4.74 Å². The first-order valence-electron chi connectivity index (χ1n) is 6.14. The smallest absolute Gasteiger partial charge is 0.0722 e. The average Bonchev–Trinajstić information content (AvgIpc) is 2.28. The van der Waals surface area contributed by atoms with Crippen molar-refractivity contribution < 1.29 is 4.74 Å². The molecule has 0 saturated carbocycles. The van der Waals surface area contributed by atoms with Crippen molar-refractivity contribution in [1.29, 1.82) is 0 Å². The highest BCUT2D eigenvalue weighted by atomic mass is 16.5. The van der Waals surface area contributed by atoms with E-state index in [1.54, 1.807) is 0 Å². The van der Waals surface area contributed by atoms with Crippen molar-refractivity contribution in [2.75, 3.05) is 6.61 Å². The van der Waals surface area contributed by atoms with Crippen LogP contribution >= 0.6 is 0 Å². The third kappa shape index (κ3) is 2.46. The van der Waals surface area contributed by atoms with E-state index in [1.165, 1.54) is 33.4 Å². The van der Waals surface area contributed by atoms with Crippen LogP contribution in [0.25, 0.3) is 0 Å². The second kappa shape index (κ2) is 5.49. The van der Waals surface area contributed by atoms with Gasteiger partial charge in [-0.05, 0) is 74.4 Å². The fraction of sp³-hybridized carbons (Fsp3) is 0.600. The van der Waals surface area contributed by atoms with Gasteiger partial charge in [-0.2, -0.15) is 0 Å². The summed E-state index contributed by atoms with van der Waals surface area (Å²) >= 11 is 0. The number of rotatable bonds is 4. The van der Waals surface area contributed by atoms with Gasteiger partial charge in [0.05, 0.1) is 6.61 Å². The third-order valence-corrected chi connectivity index (χ3v) is 3.75. The average molecular weight is 220 g/mol. The lowest BCUT2D eigenvalue weighted by molar-refractivity contribution is 0.120. The van der Waals surface area contributed by atoms with Crippen molar-refractivity contribution >= 4 is 0 Å². The molecule has 1 heteroatoms. The monoisotopic (exact) mass is 220 g/mol. The highest BCUT2D eigenvalue weighted by Crippen LogP contribution is 2.26. The molecule has 0 aromatic heterocycles. The molecule has 0 radical (unpaired) electrons. The van der Waals surface area contributed by atoms with Crippen molar-refractivity contribution in [3.05, 3.63) is 33.4 Å². The molecule has 16 heavy (non-hydrogen) atoms. The Hall–Kier alpha value is -0.820. The Morgan fingerprint density at radius 1 is 0.750 bits per heavy atom. The largest absolute Gasteiger partial charge is 0.377 e. The van der Waals surface area contributed by atoms with Crippen LogP contribution in [0.15, 0.2) is 0 Å². The highest BCUT2D eigenvalue weighted by molar-refractivity contribution is 5.49. The Morgan fingerprint density at radius 3 is 1.62 bits per heavy atom. The first kappa shape index (κ1) is 13.2. The molecule has 0 bridgehead atoms. The normalized spacial score (nSPS) is 10.9. The maximum absolute atomic E-state index is 5.68. The minimum absolute atomic E-state index is 0.757. The van der Waals surface area contributed by atoms with E-state index in [0.717, 1.165) is 19.6 Å². The summed E-state index contributed by atoms with van der Waals surface area (Å²) in [6.07, 6.45) is 1.09. The summed E-state index contributed by atoms with van der Waals surface area (Å²) in [6.45, 7) is 14.8. The fourth-order valence-corrected chi connectivity index (χ4v) is 2.11. The highest BCUT2D eigenvalue weighted by Gasteiger charge is 2.11. The Labute approximate surface area is 99.8 Å². The number of hydrogen-bond acceptors (Lipinski definition) is 1. The van der Waals surface area contributed by atoms with Gasteiger partial charge in [0.25, 0.3) is 0 Å². The van der Waals surface area contributed by atoms with Crippen LogP contribution in [0.4, 0.5) is 0 Å². The second-order valence-corrected chi connectivity index (χ2v) is 4.66. The summed E-state index contributed by atoms with van der Waals surface area (Å²) in [6, 6.07) is 0. The molecule has 0 atom stereocenters. The van der Waals surface area contributed by atoms with Crippen molar-refractivity contribution in [3.8, 4) is 0 Å². The Morgan fingerprint density at radius 2 is 1.19 bits per heavy atom. The number of ether oxygens (including phenoxy) is 1. The molecule has 1 rings (SSSR count). The number of benzene rings is 1. The molecule has 0 spiro atoms. The summed E-state index contributed by atoms with van der Waals surface area (Å²) in [7, 11) is 0. The van der Waals surface area contributed by atoms with Gasteiger partial charge >= 0.3 is 0 Å². The second-order valence-electron chi connectivity index (χ2n) is 4.66. The topological polar surface area (TPSA) is 9.23 Å². The molecule has 0 saturated heterocycles. The van der Waals surface area contributed by atoms with Gasteiger partial charge in [0.2, 0.25) is 0 Å². The van der Waals surface area contributed by atoms with E-state index in [2.05, 4.69) is 41.5 Å². The molecular formula is C15H24O. The molecule has 0 N–H and O–H groups in total. The molecule has 1 aromatic carbocycles. The summed E-state index contributed by atoms with van der Waals surface area (Å²) in [4.78, 5) is 0. The molecule has 90 valence electrons. The van der Waals surface area contributed by atoms with E-state index in [9.17, 15) is 0 Å². The molecule has 0 aliphatic carbocycles. The lowest BCUT2D eigenvalue weighted by Gasteiger charge is -2.18. The molecule has 0 unspecified atom stereocenters. The van der Waals surface area contributed by atoms with E-state index in [0.29, 0.717) is 0 Å². The van der Waals surface area contributed by atoms with Crippen LogP contribution in [0.5, 0.6) is 0 Å². The standard InChI is InChI=1S/C15H24O/c1-7-8-16-9-15-13(5)11(3)10(2)12(4)14(15)6/h7-9H2,1-6H3. The first-order valence-corrected chi connectivity index (χ1v) is 6.14. The Bertz CT molecular complexity index is 349. The van der Waals surface area contributed by atoms with Gasteiger partial charge in [0.15, 0.2) is 0 Å². The van der Waals surface area contributed by atoms with E-state index < -0.39 is 0 Å². The van der Waals surface area contributed by atoms with E-state index in [1.807, 2.05) is 0 Å². The van der Waals surface area contributed by atoms with Crippen LogP contribution < -0.4 is 0 Å². The third-order valence-electron chi connectivity index (χ3n) is 3.75. The fourth-order valence-electron chi connectivity index (χ4n) is 2.11. The quantitative estimate of drug-likeness (QED) is 0.692. The summed E-state index contributed by atoms with van der Waals surface area (Å²) in [5, 5.41) is 0. The maximum Gasteiger partial charge on any atom is 0.0722 e. The lowest BCUT2D eigenvalue weighted by atomic mass is 9.90. The van der Waals surface area contributed by atoms with Gasteiger partial charge in [0.1, 0.15) is 0 Å². The van der Waals surface area contributed by atoms with Gasteiger partial charge in [-0.1, -0.05) is 6.92 Å². The predicted molar refractivity (Wildman–Crippen MR) is 70.1 cm³/mol. The first-order chi connectivity index (χ1) is 7.50. The molecule has 0 amide bonds. The van der Waals surface area contributed by atoms with Gasteiger partial charge in [-0.3, -0.25) is 0 Å². The minimum Gasteiger partial charge on any atom is -0.377 e. The molecule has 1 nitrogen and oxygen atoms in total. The van der Waals surface area contributed by atoms with Crippen LogP contribution in [0, 0.1) is 34.6 Å². The van der Waals surface area contributed by atoms with Crippen molar-refractivity contribution in [1.82, 2.24) is 0 Å². The van der Waals surface area contributed by atoms with Crippen molar-refractivity contribution in [2.45, 2.75) is 54.6 Å². The zero-order valence-corrected chi connectivity index (χ0v) is 11.5. The summed E-state index contributed by atoms with van der Waals surface area (Å²) in [5.74, 6) is 0. The molecule has 0 aliphatic heterocycles. The van der Waals surface area contributed by atoms with E-state index in [4.69, 9.17) is 4.74 Å². The Balaban J connectivity index is 3.08. The minimum atomic E-state index is 0.757. The zero-order chi connectivity index (χ0) is 12.3. The van der Waals surface area contributed by atoms with Crippen LogP contribution in [-0.2, 0) is 11.3 Å². The Kier molecular flexibility index (Phi) is 4.55. The maximum atomic E-state index is 5.68. The molecule has 0 aliphatic rings. The molecule has 0 heterocycles. The van der Waals surface area contributed by atoms with E-state index in [-0.39, 0.29) is 0 Å². The number of hydrogen-bond donors (Lipinski definition) is 0. The SMILES string of the molecule is CCCOCc1c(C)c(C)c(C)c(C)c1C.